The standard InChI is InChI=1S/C23H21N5O2/c1-15(2)28-21-18(13-25-28)12-20(14-24-21)27-23(30)17-8-10-19(11-9-17)26-22(29)16-6-4-3-5-7-16/h3-15H,1-2H3,(H,26,29)(H,27,30). The average Bonchev–Trinajstić information content (AvgIpc) is 3.18. The summed E-state index contributed by atoms with van der Waals surface area (Å²) in [5, 5.41) is 10.9. The Hall–Kier alpha value is -4.00. The molecule has 0 saturated heterocycles. The molecule has 2 amide bonds. The van der Waals surface area contributed by atoms with Crippen molar-refractivity contribution in [3.8, 4) is 0 Å². The van der Waals surface area contributed by atoms with E-state index in [1.807, 2.05) is 42.8 Å². The molecule has 0 aliphatic rings. The maximum atomic E-state index is 12.6. The van der Waals surface area contributed by atoms with Crippen molar-refractivity contribution < 1.29 is 9.59 Å². The van der Waals surface area contributed by atoms with Gasteiger partial charge in [-0.2, -0.15) is 5.10 Å². The first kappa shape index (κ1) is 19.3. The van der Waals surface area contributed by atoms with Crippen LogP contribution in [0.3, 0.4) is 0 Å². The summed E-state index contributed by atoms with van der Waals surface area (Å²) in [4.78, 5) is 29.2. The summed E-state index contributed by atoms with van der Waals surface area (Å²) in [7, 11) is 0. The number of benzene rings is 2. The quantitative estimate of drug-likeness (QED) is 0.516. The number of rotatable bonds is 5. The minimum atomic E-state index is -0.256. The molecule has 0 bridgehead atoms. The van der Waals surface area contributed by atoms with Crippen molar-refractivity contribution >= 4 is 34.2 Å². The number of hydrogen-bond acceptors (Lipinski definition) is 4. The fourth-order valence-electron chi connectivity index (χ4n) is 3.09. The van der Waals surface area contributed by atoms with Gasteiger partial charge in [0.05, 0.1) is 18.1 Å². The van der Waals surface area contributed by atoms with Crippen LogP contribution in [-0.4, -0.2) is 26.6 Å². The molecule has 0 radical (unpaired) electrons. The molecule has 30 heavy (non-hydrogen) atoms. The second kappa shape index (κ2) is 8.16. The van der Waals surface area contributed by atoms with E-state index in [2.05, 4.69) is 20.7 Å². The number of pyridine rings is 1. The molecule has 7 heteroatoms. The van der Waals surface area contributed by atoms with Crippen molar-refractivity contribution in [2.24, 2.45) is 0 Å². The van der Waals surface area contributed by atoms with Gasteiger partial charge in [0.15, 0.2) is 5.65 Å². The van der Waals surface area contributed by atoms with Crippen LogP contribution >= 0.6 is 0 Å². The maximum absolute atomic E-state index is 12.6. The van der Waals surface area contributed by atoms with E-state index in [0.29, 0.717) is 22.5 Å². The summed E-state index contributed by atoms with van der Waals surface area (Å²) in [5.74, 6) is -0.456. The molecule has 2 aromatic carbocycles. The molecule has 0 atom stereocenters. The van der Waals surface area contributed by atoms with Crippen molar-refractivity contribution in [2.75, 3.05) is 10.6 Å². The highest BCUT2D eigenvalue weighted by molar-refractivity contribution is 6.06. The van der Waals surface area contributed by atoms with E-state index in [9.17, 15) is 9.59 Å². The molecule has 7 nitrogen and oxygen atoms in total. The maximum Gasteiger partial charge on any atom is 0.255 e. The number of fused-ring (bicyclic) bond motifs is 1. The first-order chi connectivity index (χ1) is 14.5. The molecule has 0 fully saturated rings. The summed E-state index contributed by atoms with van der Waals surface area (Å²) < 4.78 is 1.84. The minimum absolute atomic E-state index is 0.200. The fraction of sp³-hybridized carbons (Fsp3) is 0.130. The molecule has 0 aliphatic carbocycles. The van der Waals surface area contributed by atoms with Gasteiger partial charge < -0.3 is 10.6 Å². The zero-order chi connectivity index (χ0) is 21.1. The molecule has 150 valence electrons. The lowest BCUT2D eigenvalue weighted by atomic mass is 10.1. The highest BCUT2D eigenvalue weighted by Gasteiger charge is 2.11. The van der Waals surface area contributed by atoms with E-state index in [-0.39, 0.29) is 17.9 Å². The fourth-order valence-corrected chi connectivity index (χ4v) is 3.09. The van der Waals surface area contributed by atoms with E-state index >= 15 is 0 Å². The van der Waals surface area contributed by atoms with E-state index in [1.165, 1.54) is 0 Å². The highest BCUT2D eigenvalue weighted by atomic mass is 16.2. The van der Waals surface area contributed by atoms with E-state index in [1.54, 1.807) is 48.8 Å². The lowest BCUT2D eigenvalue weighted by Gasteiger charge is -2.09. The van der Waals surface area contributed by atoms with Crippen LogP contribution < -0.4 is 10.6 Å². The highest BCUT2D eigenvalue weighted by Crippen LogP contribution is 2.20. The van der Waals surface area contributed by atoms with Gasteiger partial charge >= 0.3 is 0 Å². The van der Waals surface area contributed by atoms with Gasteiger partial charge in [-0.25, -0.2) is 9.67 Å². The second-order valence-electron chi connectivity index (χ2n) is 7.17. The Labute approximate surface area is 173 Å². The van der Waals surface area contributed by atoms with E-state index in [0.717, 1.165) is 11.0 Å². The molecular formula is C23H21N5O2. The Morgan fingerprint density at radius 1 is 0.833 bits per heavy atom. The Balaban J connectivity index is 1.44. The number of hydrogen-bond donors (Lipinski definition) is 2. The molecule has 2 heterocycles. The van der Waals surface area contributed by atoms with Gasteiger partial charge in [0.25, 0.3) is 11.8 Å². The molecular weight excluding hydrogens is 378 g/mol. The smallest absolute Gasteiger partial charge is 0.255 e. The van der Waals surface area contributed by atoms with Gasteiger partial charge in [-0.3, -0.25) is 9.59 Å². The molecule has 2 aromatic heterocycles. The van der Waals surface area contributed by atoms with Crippen molar-refractivity contribution in [3.63, 3.8) is 0 Å². The Bertz CT molecular complexity index is 1200. The van der Waals surface area contributed by atoms with Crippen LogP contribution in [0.1, 0.15) is 40.6 Å². The second-order valence-corrected chi connectivity index (χ2v) is 7.17. The van der Waals surface area contributed by atoms with Crippen LogP contribution in [0.25, 0.3) is 11.0 Å². The zero-order valence-corrected chi connectivity index (χ0v) is 16.7. The van der Waals surface area contributed by atoms with Gasteiger partial charge in [0, 0.05) is 28.2 Å². The summed E-state index contributed by atoms with van der Waals surface area (Å²) in [6.07, 6.45) is 3.36. The average molecular weight is 399 g/mol. The molecule has 4 rings (SSSR count). The third-order valence-electron chi connectivity index (χ3n) is 4.62. The number of aromatic nitrogens is 3. The van der Waals surface area contributed by atoms with Gasteiger partial charge in [-0.15, -0.1) is 0 Å². The first-order valence-corrected chi connectivity index (χ1v) is 9.62. The first-order valence-electron chi connectivity index (χ1n) is 9.62. The SMILES string of the molecule is CC(C)n1ncc2cc(NC(=O)c3ccc(NC(=O)c4ccccc4)cc3)cnc21. The van der Waals surface area contributed by atoms with Crippen molar-refractivity contribution in [3.05, 3.63) is 84.2 Å². The Morgan fingerprint density at radius 2 is 1.47 bits per heavy atom. The van der Waals surface area contributed by atoms with E-state index < -0.39 is 0 Å². The molecule has 2 N–H and O–H groups in total. The van der Waals surface area contributed by atoms with Crippen molar-refractivity contribution in [1.29, 1.82) is 0 Å². The third-order valence-corrected chi connectivity index (χ3v) is 4.62. The number of amides is 2. The van der Waals surface area contributed by atoms with Crippen LogP contribution in [0.15, 0.2) is 73.1 Å². The third kappa shape index (κ3) is 4.05. The van der Waals surface area contributed by atoms with Crippen LogP contribution in [-0.2, 0) is 0 Å². The largest absolute Gasteiger partial charge is 0.322 e. The lowest BCUT2D eigenvalue weighted by Crippen LogP contribution is -2.14. The number of nitrogens with one attached hydrogen (secondary N) is 2. The van der Waals surface area contributed by atoms with Gasteiger partial charge in [-0.05, 0) is 56.3 Å². The normalized spacial score (nSPS) is 10.9. The topological polar surface area (TPSA) is 88.9 Å². The Morgan fingerprint density at radius 3 is 2.13 bits per heavy atom. The molecule has 0 spiro atoms. The summed E-state index contributed by atoms with van der Waals surface area (Å²) in [5.41, 5.74) is 3.04. The summed E-state index contributed by atoms with van der Waals surface area (Å²) in [6.45, 7) is 4.07. The van der Waals surface area contributed by atoms with Crippen LogP contribution in [0.2, 0.25) is 0 Å². The Kier molecular flexibility index (Phi) is 5.26. The minimum Gasteiger partial charge on any atom is -0.322 e. The van der Waals surface area contributed by atoms with Gasteiger partial charge in [-0.1, -0.05) is 18.2 Å². The van der Waals surface area contributed by atoms with Gasteiger partial charge in [0.2, 0.25) is 0 Å². The molecule has 0 aliphatic heterocycles. The lowest BCUT2D eigenvalue weighted by molar-refractivity contribution is 0.102. The van der Waals surface area contributed by atoms with Crippen LogP contribution in [0, 0.1) is 0 Å². The van der Waals surface area contributed by atoms with Crippen molar-refractivity contribution in [1.82, 2.24) is 14.8 Å². The summed E-state index contributed by atoms with van der Waals surface area (Å²) in [6, 6.07) is 17.7. The number of anilines is 2. The van der Waals surface area contributed by atoms with Gasteiger partial charge in [0.1, 0.15) is 0 Å². The number of carbonyl (C=O) groups is 2. The van der Waals surface area contributed by atoms with Crippen LogP contribution in [0.5, 0.6) is 0 Å². The summed E-state index contributed by atoms with van der Waals surface area (Å²) >= 11 is 0. The molecule has 0 unspecified atom stereocenters. The predicted octanol–water partition coefficient (Wildman–Crippen LogP) is 4.52. The zero-order valence-electron chi connectivity index (χ0n) is 16.7. The predicted molar refractivity (Wildman–Crippen MR) is 117 cm³/mol. The number of nitrogens with zero attached hydrogens (tertiary/aromatic N) is 3. The molecule has 0 saturated carbocycles. The van der Waals surface area contributed by atoms with Crippen molar-refractivity contribution in [2.45, 2.75) is 19.9 Å². The van der Waals surface area contributed by atoms with E-state index in [4.69, 9.17) is 0 Å². The number of carbonyl (C=O) groups excluding carboxylic acids is 2. The monoisotopic (exact) mass is 399 g/mol. The molecule has 4 aromatic rings. The van der Waals surface area contributed by atoms with Crippen LogP contribution in [0.4, 0.5) is 11.4 Å².